The predicted octanol–water partition coefficient (Wildman–Crippen LogP) is 4.14. The van der Waals surface area contributed by atoms with Crippen LogP contribution in [0.2, 0.25) is 0 Å². The van der Waals surface area contributed by atoms with E-state index in [9.17, 15) is 4.39 Å². The molecule has 2 aromatic rings. The van der Waals surface area contributed by atoms with Gasteiger partial charge in [-0.1, -0.05) is 40.2 Å². The first-order valence-corrected chi connectivity index (χ1v) is 6.62. The second-order valence-corrected chi connectivity index (χ2v) is 5.32. The quantitative estimate of drug-likeness (QED) is 0.906. The van der Waals surface area contributed by atoms with Crippen LogP contribution in [0.25, 0.3) is 0 Å². The Morgan fingerprint density at radius 2 is 1.94 bits per heavy atom. The van der Waals surface area contributed by atoms with E-state index in [0.29, 0.717) is 12.0 Å². The average Bonchev–Trinajstić information content (AvgIpc) is 2.34. The Morgan fingerprint density at radius 3 is 2.67 bits per heavy atom. The maximum Gasteiger partial charge on any atom is 0.126 e. The summed E-state index contributed by atoms with van der Waals surface area (Å²) in [5.41, 5.74) is 9.01. The summed E-state index contributed by atoms with van der Waals surface area (Å²) in [5, 5.41) is 0. The number of aryl methyl sites for hydroxylation is 1. The van der Waals surface area contributed by atoms with E-state index in [4.69, 9.17) is 5.73 Å². The van der Waals surface area contributed by atoms with Gasteiger partial charge in [0.05, 0.1) is 0 Å². The van der Waals surface area contributed by atoms with Crippen LogP contribution in [0.5, 0.6) is 0 Å². The van der Waals surface area contributed by atoms with Gasteiger partial charge in [0, 0.05) is 10.5 Å². The molecular formula is C15H15BrFN. The lowest BCUT2D eigenvalue weighted by Crippen LogP contribution is -2.15. The van der Waals surface area contributed by atoms with Gasteiger partial charge in [-0.15, -0.1) is 0 Å². The average molecular weight is 308 g/mol. The minimum Gasteiger partial charge on any atom is -0.324 e. The van der Waals surface area contributed by atoms with Crippen LogP contribution in [0, 0.1) is 12.7 Å². The summed E-state index contributed by atoms with van der Waals surface area (Å²) in [6, 6.07) is 12.7. The number of hydrogen-bond donors (Lipinski definition) is 1. The fourth-order valence-corrected chi connectivity index (χ4v) is 2.46. The Labute approximate surface area is 115 Å². The highest BCUT2D eigenvalue weighted by Gasteiger charge is 2.12. The minimum absolute atomic E-state index is 0.185. The largest absolute Gasteiger partial charge is 0.324 e. The van der Waals surface area contributed by atoms with Gasteiger partial charge in [-0.25, -0.2) is 4.39 Å². The van der Waals surface area contributed by atoms with Crippen molar-refractivity contribution in [2.75, 3.05) is 0 Å². The van der Waals surface area contributed by atoms with E-state index in [0.717, 1.165) is 15.6 Å². The molecule has 0 heterocycles. The zero-order valence-corrected chi connectivity index (χ0v) is 11.7. The van der Waals surface area contributed by atoms with Crippen LogP contribution in [0.3, 0.4) is 0 Å². The lowest BCUT2D eigenvalue weighted by Gasteiger charge is -2.15. The minimum atomic E-state index is -0.206. The third-order valence-corrected chi connectivity index (χ3v) is 3.53. The standard InChI is InChI=1S/C15H15BrFN/c1-10-4-2-3-5-13(10)15(18)9-11-8-12(16)6-7-14(11)17/h2-8,15H,9,18H2,1H3. The van der Waals surface area contributed by atoms with Gasteiger partial charge in [-0.3, -0.25) is 0 Å². The predicted molar refractivity (Wildman–Crippen MR) is 75.9 cm³/mol. The fourth-order valence-electron chi connectivity index (χ4n) is 2.05. The van der Waals surface area contributed by atoms with Gasteiger partial charge in [0.2, 0.25) is 0 Å². The summed E-state index contributed by atoms with van der Waals surface area (Å²) in [7, 11) is 0. The van der Waals surface area contributed by atoms with Gasteiger partial charge < -0.3 is 5.73 Å². The molecule has 1 nitrogen and oxygen atoms in total. The highest BCUT2D eigenvalue weighted by molar-refractivity contribution is 9.10. The summed E-state index contributed by atoms with van der Waals surface area (Å²) < 4.78 is 14.5. The third kappa shape index (κ3) is 2.98. The van der Waals surface area contributed by atoms with E-state index in [1.165, 1.54) is 6.07 Å². The lowest BCUT2D eigenvalue weighted by atomic mass is 9.96. The molecule has 1 unspecified atom stereocenters. The van der Waals surface area contributed by atoms with Crippen molar-refractivity contribution in [3.63, 3.8) is 0 Å². The highest BCUT2D eigenvalue weighted by Crippen LogP contribution is 2.23. The van der Waals surface area contributed by atoms with Crippen molar-refractivity contribution in [2.45, 2.75) is 19.4 Å². The van der Waals surface area contributed by atoms with E-state index in [-0.39, 0.29) is 11.9 Å². The van der Waals surface area contributed by atoms with E-state index in [1.807, 2.05) is 31.2 Å². The molecular weight excluding hydrogens is 293 g/mol. The monoisotopic (exact) mass is 307 g/mol. The summed E-state index contributed by atoms with van der Waals surface area (Å²) in [4.78, 5) is 0. The van der Waals surface area contributed by atoms with Crippen molar-refractivity contribution in [3.8, 4) is 0 Å². The van der Waals surface area contributed by atoms with Crippen molar-refractivity contribution < 1.29 is 4.39 Å². The van der Waals surface area contributed by atoms with E-state index < -0.39 is 0 Å². The van der Waals surface area contributed by atoms with Crippen molar-refractivity contribution in [3.05, 3.63) is 69.4 Å². The molecule has 0 fully saturated rings. The van der Waals surface area contributed by atoms with Gasteiger partial charge >= 0.3 is 0 Å². The molecule has 2 aromatic carbocycles. The van der Waals surface area contributed by atoms with Gasteiger partial charge in [0.1, 0.15) is 5.82 Å². The first kappa shape index (κ1) is 13.2. The molecule has 2 N–H and O–H groups in total. The van der Waals surface area contributed by atoms with Crippen LogP contribution >= 0.6 is 15.9 Å². The van der Waals surface area contributed by atoms with Crippen LogP contribution in [0.1, 0.15) is 22.7 Å². The van der Waals surface area contributed by atoms with Gasteiger partial charge in [-0.05, 0) is 48.2 Å². The highest BCUT2D eigenvalue weighted by atomic mass is 79.9. The Bertz CT molecular complexity index is 554. The van der Waals surface area contributed by atoms with Gasteiger partial charge in [0.15, 0.2) is 0 Å². The van der Waals surface area contributed by atoms with Crippen LogP contribution < -0.4 is 5.73 Å². The molecule has 18 heavy (non-hydrogen) atoms. The molecule has 94 valence electrons. The summed E-state index contributed by atoms with van der Waals surface area (Å²) >= 11 is 3.35. The number of rotatable bonds is 3. The molecule has 0 radical (unpaired) electrons. The van der Waals surface area contributed by atoms with E-state index >= 15 is 0 Å². The smallest absolute Gasteiger partial charge is 0.126 e. The Balaban J connectivity index is 2.24. The van der Waals surface area contributed by atoms with Crippen LogP contribution in [-0.4, -0.2) is 0 Å². The molecule has 0 bridgehead atoms. The Hall–Kier alpha value is -1.19. The first-order valence-electron chi connectivity index (χ1n) is 5.83. The van der Waals surface area contributed by atoms with Crippen LogP contribution in [-0.2, 0) is 6.42 Å². The van der Waals surface area contributed by atoms with Crippen LogP contribution in [0.15, 0.2) is 46.9 Å². The molecule has 0 aromatic heterocycles. The molecule has 0 aliphatic rings. The zero-order valence-electron chi connectivity index (χ0n) is 10.2. The lowest BCUT2D eigenvalue weighted by molar-refractivity contribution is 0.592. The molecule has 0 spiro atoms. The molecule has 3 heteroatoms. The van der Waals surface area contributed by atoms with Crippen molar-refractivity contribution in [1.29, 1.82) is 0 Å². The summed E-state index contributed by atoms with van der Waals surface area (Å²) in [5.74, 6) is -0.206. The van der Waals surface area contributed by atoms with E-state index in [1.54, 1.807) is 12.1 Å². The topological polar surface area (TPSA) is 26.0 Å². The van der Waals surface area contributed by atoms with Crippen molar-refractivity contribution >= 4 is 15.9 Å². The molecule has 0 saturated carbocycles. The second-order valence-electron chi connectivity index (χ2n) is 4.40. The molecule has 0 aliphatic heterocycles. The number of hydrogen-bond acceptors (Lipinski definition) is 1. The van der Waals surface area contributed by atoms with Gasteiger partial charge in [0.25, 0.3) is 0 Å². The molecule has 0 aliphatic carbocycles. The Kier molecular flexibility index (Phi) is 4.15. The Morgan fingerprint density at radius 1 is 1.22 bits per heavy atom. The third-order valence-electron chi connectivity index (χ3n) is 3.04. The molecule has 0 saturated heterocycles. The van der Waals surface area contributed by atoms with E-state index in [2.05, 4.69) is 15.9 Å². The van der Waals surface area contributed by atoms with Crippen LogP contribution in [0.4, 0.5) is 4.39 Å². The van der Waals surface area contributed by atoms with Crippen molar-refractivity contribution in [1.82, 2.24) is 0 Å². The summed E-state index contributed by atoms with van der Waals surface area (Å²) in [6.07, 6.45) is 0.496. The first-order chi connectivity index (χ1) is 8.58. The maximum atomic E-state index is 13.7. The molecule has 0 amide bonds. The second kappa shape index (κ2) is 5.63. The number of benzene rings is 2. The molecule has 2 rings (SSSR count). The SMILES string of the molecule is Cc1ccccc1C(N)Cc1cc(Br)ccc1F. The van der Waals surface area contributed by atoms with Crippen molar-refractivity contribution in [2.24, 2.45) is 5.73 Å². The normalized spacial score (nSPS) is 12.4. The fraction of sp³-hybridized carbons (Fsp3) is 0.200. The summed E-state index contributed by atoms with van der Waals surface area (Å²) in [6.45, 7) is 2.02. The molecule has 1 atom stereocenters. The zero-order chi connectivity index (χ0) is 13.1. The number of halogens is 2. The maximum absolute atomic E-state index is 13.7. The number of nitrogens with two attached hydrogens (primary N) is 1. The van der Waals surface area contributed by atoms with Gasteiger partial charge in [-0.2, -0.15) is 0 Å².